The van der Waals surface area contributed by atoms with Crippen molar-refractivity contribution in [3.05, 3.63) is 16.4 Å². The third-order valence-electron chi connectivity index (χ3n) is 3.60. The summed E-state index contributed by atoms with van der Waals surface area (Å²) in [7, 11) is 1.74. The number of likely N-dealkylation sites (tertiary alicyclic amines) is 1. The highest BCUT2D eigenvalue weighted by Gasteiger charge is 2.28. The number of piperidine rings is 1. The van der Waals surface area contributed by atoms with Gasteiger partial charge in [0.05, 0.1) is 10.7 Å². The summed E-state index contributed by atoms with van der Waals surface area (Å²) in [6.45, 7) is 6.69. The molecule has 2 amide bonds. The maximum atomic E-state index is 12.5. The van der Waals surface area contributed by atoms with Crippen molar-refractivity contribution in [1.29, 1.82) is 0 Å². The van der Waals surface area contributed by atoms with Crippen molar-refractivity contribution in [2.45, 2.75) is 45.3 Å². The molecule has 23 heavy (non-hydrogen) atoms. The lowest BCUT2D eigenvalue weighted by Crippen LogP contribution is -2.47. The Morgan fingerprint density at radius 3 is 2.43 bits per heavy atom. The van der Waals surface area contributed by atoms with Crippen LogP contribution in [-0.4, -0.2) is 51.4 Å². The van der Waals surface area contributed by atoms with E-state index in [1.807, 2.05) is 20.8 Å². The molecule has 1 fully saturated rings. The maximum absolute atomic E-state index is 12.5. The maximum Gasteiger partial charge on any atom is 0.407 e. The van der Waals surface area contributed by atoms with Crippen molar-refractivity contribution in [2.75, 3.05) is 13.1 Å². The Bertz CT molecular complexity index is 567. The number of amides is 2. The number of nitrogens with zero attached hydrogens (tertiary/aromatic N) is 3. The summed E-state index contributed by atoms with van der Waals surface area (Å²) in [6.07, 6.45) is 2.63. The summed E-state index contributed by atoms with van der Waals surface area (Å²) < 4.78 is 7.52. The first kappa shape index (κ1) is 17.8. The smallest absolute Gasteiger partial charge is 0.407 e. The highest BCUT2D eigenvalue weighted by Crippen LogP contribution is 2.20. The van der Waals surface area contributed by atoms with E-state index in [0.717, 1.165) is 0 Å². The van der Waals surface area contributed by atoms with Crippen molar-refractivity contribution in [1.82, 2.24) is 20.0 Å². The molecular weight excluding hydrogens is 364 g/mol. The first-order chi connectivity index (χ1) is 10.7. The highest BCUT2D eigenvalue weighted by atomic mass is 79.9. The second-order valence-corrected chi connectivity index (χ2v) is 7.53. The van der Waals surface area contributed by atoms with Crippen LogP contribution in [0.5, 0.6) is 0 Å². The van der Waals surface area contributed by atoms with Gasteiger partial charge < -0.3 is 15.0 Å². The fourth-order valence-corrected chi connectivity index (χ4v) is 3.02. The van der Waals surface area contributed by atoms with Crippen molar-refractivity contribution in [3.8, 4) is 0 Å². The normalized spacial score (nSPS) is 16.3. The lowest BCUT2D eigenvalue weighted by Gasteiger charge is -2.32. The molecule has 1 aliphatic heterocycles. The molecule has 0 atom stereocenters. The molecule has 1 aromatic heterocycles. The summed E-state index contributed by atoms with van der Waals surface area (Å²) in [5.41, 5.74) is 0.0376. The zero-order valence-corrected chi connectivity index (χ0v) is 15.5. The van der Waals surface area contributed by atoms with Gasteiger partial charge in [0.2, 0.25) is 0 Å². The first-order valence-electron chi connectivity index (χ1n) is 7.63. The molecule has 7 nitrogen and oxygen atoms in total. The summed E-state index contributed by atoms with van der Waals surface area (Å²) >= 11 is 3.35. The second-order valence-electron chi connectivity index (χ2n) is 6.68. The first-order valence-corrected chi connectivity index (χ1v) is 8.43. The molecule has 0 bridgehead atoms. The molecule has 8 heteroatoms. The predicted octanol–water partition coefficient (Wildman–Crippen LogP) is 2.31. The van der Waals surface area contributed by atoms with Crippen LogP contribution in [0.4, 0.5) is 4.79 Å². The summed E-state index contributed by atoms with van der Waals surface area (Å²) in [5, 5.41) is 6.94. The third-order valence-corrected chi connectivity index (χ3v) is 4.18. The van der Waals surface area contributed by atoms with Gasteiger partial charge in [-0.2, -0.15) is 5.10 Å². The molecule has 2 heterocycles. The largest absolute Gasteiger partial charge is 0.444 e. The van der Waals surface area contributed by atoms with Crippen LogP contribution < -0.4 is 5.32 Å². The number of carbonyl (C=O) groups excluding carboxylic acids is 2. The van der Waals surface area contributed by atoms with Crippen LogP contribution in [0, 0.1) is 0 Å². The lowest BCUT2D eigenvalue weighted by molar-refractivity contribution is 0.0472. The van der Waals surface area contributed by atoms with Crippen LogP contribution in [0.15, 0.2) is 10.7 Å². The minimum Gasteiger partial charge on any atom is -0.444 e. The number of ether oxygens (including phenoxy) is 1. The SMILES string of the molecule is Cn1ncc(Br)c1C(=O)N1CCC(NC(=O)OC(C)(C)C)CC1. The van der Waals surface area contributed by atoms with E-state index in [-0.39, 0.29) is 11.9 Å². The molecule has 0 radical (unpaired) electrons. The number of halogens is 1. The van der Waals surface area contributed by atoms with Gasteiger partial charge in [0.1, 0.15) is 11.3 Å². The van der Waals surface area contributed by atoms with E-state index >= 15 is 0 Å². The zero-order valence-electron chi connectivity index (χ0n) is 13.9. The van der Waals surface area contributed by atoms with E-state index in [9.17, 15) is 9.59 Å². The van der Waals surface area contributed by atoms with Gasteiger partial charge in [-0.1, -0.05) is 0 Å². The van der Waals surface area contributed by atoms with E-state index in [1.165, 1.54) is 0 Å². The zero-order chi connectivity index (χ0) is 17.2. The van der Waals surface area contributed by atoms with Crippen molar-refractivity contribution < 1.29 is 14.3 Å². The van der Waals surface area contributed by atoms with Gasteiger partial charge in [-0.25, -0.2) is 4.79 Å². The molecule has 2 rings (SSSR count). The van der Waals surface area contributed by atoms with Crippen molar-refractivity contribution >= 4 is 27.9 Å². The number of aromatic nitrogens is 2. The number of alkyl carbamates (subject to hydrolysis) is 1. The summed E-state index contributed by atoms with van der Waals surface area (Å²) in [5.74, 6) is -0.0485. The number of nitrogens with one attached hydrogen (secondary N) is 1. The van der Waals surface area contributed by atoms with Gasteiger partial charge in [0.15, 0.2) is 0 Å². The number of carbonyl (C=O) groups is 2. The Balaban J connectivity index is 1.87. The molecule has 128 valence electrons. The summed E-state index contributed by atoms with van der Waals surface area (Å²) in [4.78, 5) is 26.1. The van der Waals surface area contributed by atoms with Crippen LogP contribution in [-0.2, 0) is 11.8 Å². The van der Waals surface area contributed by atoms with Gasteiger partial charge in [-0.05, 0) is 49.5 Å². The Morgan fingerprint density at radius 2 is 1.96 bits per heavy atom. The number of aryl methyl sites for hydroxylation is 1. The minimum absolute atomic E-state index is 0.0314. The average Bonchev–Trinajstić information content (AvgIpc) is 2.76. The highest BCUT2D eigenvalue weighted by molar-refractivity contribution is 9.10. The molecule has 0 aliphatic carbocycles. The average molecular weight is 387 g/mol. The number of hydrogen-bond acceptors (Lipinski definition) is 4. The standard InChI is InChI=1S/C15H23BrN4O3/c1-15(2,3)23-14(22)18-10-5-7-20(8-6-10)13(21)12-11(16)9-17-19(12)4/h9-10H,5-8H2,1-4H3,(H,18,22). The van der Waals surface area contributed by atoms with E-state index in [0.29, 0.717) is 36.1 Å². The monoisotopic (exact) mass is 386 g/mol. The Hall–Kier alpha value is -1.57. The van der Waals surface area contributed by atoms with Gasteiger partial charge in [0.25, 0.3) is 5.91 Å². The summed E-state index contributed by atoms with van der Waals surface area (Å²) in [6, 6.07) is 0.0314. The van der Waals surface area contributed by atoms with Crippen LogP contribution in [0.3, 0.4) is 0 Å². The van der Waals surface area contributed by atoms with Gasteiger partial charge in [-0.3, -0.25) is 9.48 Å². The molecule has 1 N–H and O–H groups in total. The molecular formula is C15H23BrN4O3. The molecule has 0 aromatic carbocycles. The van der Waals surface area contributed by atoms with E-state index in [4.69, 9.17) is 4.74 Å². The Labute approximate surface area is 144 Å². The molecule has 0 unspecified atom stereocenters. The van der Waals surface area contributed by atoms with Crippen LogP contribution in [0.1, 0.15) is 44.1 Å². The van der Waals surface area contributed by atoms with Gasteiger partial charge in [-0.15, -0.1) is 0 Å². The van der Waals surface area contributed by atoms with Crippen molar-refractivity contribution in [2.24, 2.45) is 7.05 Å². The number of rotatable bonds is 2. The van der Waals surface area contributed by atoms with Gasteiger partial charge >= 0.3 is 6.09 Å². The molecule has 1 aromatic rings. The molecule has 1 saturated heterocycles. The lowest BCUT2D eigenvalue weighted by atomic mass is 10.0. The quantitative estimate of drug-likeness (QED) is 0.845. The van der Waals surface area contributed by atoms with Crippen molar-refractivity contribution in [3.63, 3.8) is 0 Å². The van der Waals surface area contributed by atoms with E-state index in [2.05, 4.69) is 26.3 Å². The molecule has 0 saturated carbocycles. The number of hydrogen-bond donors (Lipinski definition) is 1. The predicted molar refractivity (Wildman–Crippen MR) is 89.2 cm³/mol. The van der Waals surface area contributed by atoms with Crippen LogP contribution in [0.2, 0.25) is 0 Å². The van der Waals surface area contributed by atoms with Crippen LogP contribution in [0.25, 0.3) is 0 Å². The third kappa shape index (κ3) is 4.70. The Kier molecular flexibility index (Phi) is 5.33. The molecule has 0 spiro atoms. The van der Waals surface area contributed by atoms with E-state index in [1.54, 1.807) is 22.8 Å². The fraction of sp³-hybridized carbons (Fsp3) is 0.667. The van der Waals surface area contributed by atoms with Gasteiger partial charge in [0, 0.05) is 26.2 Å². The minimum atomic E-state index is -0.507. The fourth-order valence-electron chi connectivity index (χ4n) is 2.50. The second kappa shape index (κ2) is 6.90. The van der Waals surface area contributed by atoms with Crippen LogP contribution >= 0.6 is 15.9 Å². The Morgan fingerprint density at radius 1 is 1.35 bits per heavy atom. The molecule has 1 aliphatic rings. The topological polar surface area (TPSA) is 76.5 Å². The van der Waals surface area contributed by atoms with E-state index < -0.39 is 11.7 Å².